The molecule has 1 aromatic carbocycles. The number of aryl methyl sites for hydroxylation is 1. The normalized spacial score (nSPS) is 23.6. The summed E-state index contributed by atoms with van der Waals surface area (Å²) in [6.07, 6.45) is 4.97. The highest BCUT2D eigenvalue weighted by Gasteiger charge is 2.30. The van der Waals surface area contributed by atoms with Crippen LogP contribution in [0.25, 0.3) is 0 Å². The number of benzene rings is 1. The lowest BCUT2D eigenvalue weighted by molar-refractivity contribution is -0.132. The first-order valence-corrected chi connectivity index (χ1v) is 6.87. The molecule has 0 radical (unpaired) electrons. The van der Waals surface area contributed by atoms with Crippen molar-refractivity contribution in [1.29, 1.82) is 0 Å². The number of rotatable bonds is 1. The van der Waals surface area contributed by atoms with Crippen molar-refractivity contribution in [2.24, 2.45) is 0 Å². The number of nitrogens with zero attached hydrogens (tertiary/aromatic N) is 1. The van der Waals surface area contributed by atoms with Crippen molar-refractivity contribution in [3.63, 3.8) is 0 Å². The quantitative estimate of drug-likeness (QED) is 0.761. The first-order valence-electron chi connectivity index (χ1n) is 6.87. The summed E-state index contributed by atoms with van der Waals surface area (Å²) in [6.45, 7) is 1.56. The Morgan fingerprint density at radius 2 is 2.11 bits per heavy atom. The second-order valence-electron chi connectivity index (χ2n) is 5.08. The van der Waals surface area contributed by atoms with Gasteiger partial charge in [0.15, 0.2) is 0 Å². The highest BCUT2D eigenvalue weighted by Crippen LogP contribution is 2.28. The van der Waals surface area contributed by atoms with E-state index in [-0.39, 0.29) is 12.0 Å². The van der Waals surface area contributed by atoms with Crippen molar-refractivity contribution in [3.8, 4) is 0 Å². The summed E-state index contributed by atoms with van der Waals surface area (Å²) in [5, 5.41) is 0. The zero-order valence-electron chi connectivity index (χ0n) is 10.6. The van der Waals surface area contributed by atoms with Crippen LogP contribution in [-0.4, -0.2) is 25.2 Å². The molecule has 2 aliphatic rings. The van der Waals surface area contributed by atoms with Gasteiger partial charge < -0.3 is 9.64 Å². The number of para-hydroxylation sites is 1. The van der Waals surface area contributed by atoms with Gasteiger partial charge in [-0.05, 0) is 43.7 Å². The standard InChI is InChI=1S/C15H19NO2/c17-15(14-9-3-4-11-18-14)16-10-5-7-12-6-1-2-8-13(12)16/h1-2,6,8,14H,3-5,7,9-11H2. The zero-order chi connectivity index (χ0) is 12.4. The third-order valence-electron chi connectivity index (χ3n) is 3.83. The van der Waals surface area contributed by atoms with E-state index in [0.29, 0.717) is 0 Å². The molecule has 1 fully saturated rings. The highest BCUT2D eigenvalue weighted by molar-refractivity contribution is 5.97. The molecule has 0 saturated carbocycles. The fraction of sp³-hybridized carbons (Fsp3) is 0.533. The predicted octanol–water partition coefficient (Wildman–Crippen LogP) is 2.53. The molecule has 3 rings (SSSR count). The van der Waals surface area contributed by atoms with Crippen LogP contribution in [0.15, 0.2) is 24.3 Å². The fourth-order valence-corrected chi connectivity index (χ4v) is 2.87. The summed E-state index contributed by atoms with van der Waals surface area (Å²) in [6, 6.07) is 8.22. The van der Waals surface area contributed by atoms with Crippen LogP contribution in [0.2, 0.25) is 0 Å². The first kappa shape index (κ1) is 11.7. The first-order chi connectivity index (χ1) is 8.86. The number of anilines is 1. The minimum atomic E-state index is -0.218. The molecule has 2 aliphatic heterocycles. The molecule has 0 N–H and O–H groups in total. The summed E-state index contributed by atoms with van der Waals surface area (Å²) in [5.41, 5.74) is 2.37. The summed E-state index contributed by atoms with van der Waals surface area (Å²) in [4.78, 5) is 14.4. The maximum Gasteiger partial charge on any atom is 0.256 e. The molecule has 1 atom stereocenters. The van der Waals surface area contributed by atoms with Gasteiger partial charge in [-0.2, -0.15) is 0 Å². The molecule has 96 valence electrons. The van der Waals surface area contributed by atoms with Crippen LogP contribution in [0.3, 0.4) is 0 Å². The Bertz CT molecular complexity index is 438. The molecule has 3 nitrogen and oxygen atoms in total. The Morgan fingerprint density at radius 3 is 2.94 bits per heavy atom. The molecule has 1 unspecified atom stereocenters. The average Bonchev–Trinajstić information content (AvgIpc) is 2.47. The third kappa shape index (κ3) is 2.15. The number of fused-ring (bicyclic) bond motifs is 1. The van der Waals surface area contributed by atoms with E-state index >= 15 is 0 Å². The molecule has 1 saturated heterocycles. The summed E-state index contributed by atoms with van der Waals surface area (Å²) < 4.78 is 5.62. The van der Waals surface area contributed by atoms with E-state index in [1.807, 2.05) is 17.0 Å². The lowest BCUT2D eigenvalue weighted by atomic mass is 10.00. The van der Waals surface area contributed by atoms with Crippen molar-refractivity contribution in [1.82, 2.24) is 0 Å². The number of hydrogen-bond acceptors (Lipinski definition) is 2. The number of carbonyl (C=O) groups excluding carboxylic acids is 1. The van der Waals surface area contributed by atoms with Crippen LogP contribution < -0.4 is 4.90 Å². The lowest BCUT2D eigenvalue weighted by Gasteiger charge is -2.33. The number of ether oxygens (including phenoxy) is 1. The van der Waals surface area contributed by atoms with Gasteiger partial charge in [-0.1, -0.05) is 18.2 Å². The Morgan fingerprint density at radius 1 is 1.22 bits per heavy atom. The number of amides is 1. The van der Waals surface area contributed by atoms with E-state index in [1.54, 1.807) is 0 Å². The van der Waals surface area contributed by atoms with Crippen molar-refractivity contribution in [3.05, 3.63) is 29.8 Å². The van der Waals surface area contributed by atoms with Gasteiger partial charge in [0.1, 0.15) is 6.10 Å². The van der Waals surface area contributed by atoms with Crippen LogP contribution >= 0.6 is 0 Å². The van der Waals surface area contributed by atoms with Gasteiger partial charge in [0.05, 0.1) is 0 Å². The molecule has 0 aliphatic carbocycles. The third-order valence-corrected chi connectivity index (χ3v) is 3.83. The molecule has 0 aromatic heterocycles. The van der Waals surface area contributed by atoms with Crippen LogP contribution in [-0.2, 0) is 16.0 Å². The molecule has 3 heteroatoms. The van der Waals surface area contributed by atoms with Gasteiger partial charge >= 0.3 is 0 Å². The topological polar surface area (TPSA) is 29.5 Å². The van der Waals surface area contributed by atoms with E-state index in [0.717, 1.165) is 50.9 Å². The largest absolute Gasteiger partial charge is 0.368 e. The minimum Gasteiger partial charge on any atom is -0.368 e. The molecular weight excluding hydrogens is 226 g/mol. The minimum absolute atomic E-state index is 0.154. The van der Waals surface area contributed by atoms with Crippen LogP contribution in [0, 0.1) is 0 Å². The second-order valence-corrected chi connectivity index (χ2v) is 5.08. The number of carbonyl (C=O) groups is 1. The summed E-state index contributed by atoms with van der Waals surface area (Å²) in [7, 11) is 0. The molecule has 18 heavy (non-hydrogen) atoms. The van der Waals surface area contributed by atoms with Crippen molar-refractivity contribution >= 4 is 11.6 Å². The van der Waals surface area contributed by atoms with Crippen LogP contribution in [0.4, 0.5) is 5.69 Å². The SMILES string of the molecule is O=C(C1CCCCO1)N1CCCc2ccccc21. The Kier molecular flexibility index (Phi) is 3.33. The van der Waals surface area contributed by atoms with E-state index in [1.165, 1.54) is 5.56 Å². The van der Waals surface area contributed by atoms with E-state index in [9.17, 15) is 4.79 Å². The highest BCUT2D eigenvalue weighted by atomic mass is 16.5. The van der Waals surface area contributed by atoms with E-state index in [2.05, 4.69) is 12.1 Å². The van der Waals surface area contributed by atoms with Gasteiger partial charge in [0, 0.05) is 18.8 Å². The molecular formula is C15H19NO2. The second kappa shape index (κ2) is 5.11. The fourth-order valence-electron chi connectivity index (χ4n) is 2.87. The Balaban J connectivity index is 1.82. The van der Waals surface area contributed by atoms with Crippen LogP contribution in [0.1, 0.15) is 31.2 Å². The van der Waals surface area contributed by atoms with Crippen molar-refractivity contribution < 1.29 is 9.53 Å². The smallest absolute Gasteiger partial charge is 0.256 e. The average molecular weight is 245 g/mol. The molecule has 1 amide bonds. The predicted molar refractivity (Wildman–Crippen MR) is 70.7 cm³/mol. The number of hydrogen-bond donors (Lipinski definition) is 0. The molecule has 2 heterocycles. The molecule has 0 spiro atoms. The maximum atomic E-state index is 12.5. The van der Waals surface area contributed by atoms with Crippen molar-refractivity contribution in [2.75, 3.05) is 18.1 Å². The Hall–Kier alpha value is -1.35. The maximum absolute atomic E-state index is 12.5. The molecule has 0 bridgehead atoms. The van der Waals surface area contributed by atoms with Crippen LogP contribution in [0.5, 0.6) is 0 Å². The van der Waals surface area contributed by atoms with E-state index < -0.39 is 0 Å². The molecule has 1 aromatic rings. The van der Waals surface area contributed by atoms with Gasteiger partial charge in [0.25, 0.3) is 5.91 Å². The Labute approximate surface area is 108 Å². The summed E-state index contributed by atoms with van der Waals surface area (Å²) >= 11 is 0. The lowest BCUT2D eigenvalue weighted by Crippen LogP contribution is -2.44. The van der Waals surface area contributed by atoms with Gasteiger partial charge in [-0.3, -0.25) is 4.79 Å². The monoisotopic (exact) mass is 245 g/mol. The van der Waals surface area contributed by atoms with E-state index in [4.69, 9.17) is 4.74 Å². The van der Waals surface area contributed by atoms with Gasteiger partial charge in [-0.25, -0.2) is 0 Å². The van der Waals surface area contributed by atoms with Gasteiger partial charge in [0.2, 0.25) is 0 Å². The summed E-state index contributed by atoms with van der Waals surface area (Å²) in [5.74, 6) is 0.154. The van der Waals surface area contributed by atoms with Crippen molar-refractivity contribution in [2.45, 2.75) is 38.2 Å². The zero-order valence-corrected chi connectivity index (χ0v) is 10.6. The van der Waals surface area contributed by atoms with Gasteiger partial charge in [-0.15, -0.1) is 0 Å².